The van der Waals surface area contributed by atoms with Gasteiger partial charge in [0.2, 0.25) is 11.8 Å². The van der Waals surface area contributed by atoms with E-state index in [1.54, 1.807) is 18.1 Å². The molecule has 3 aliphatic rings. The van der Waals surface area contributed by atoms with E-state index in [-0.39, 0.29) is 23.8 Å². The Kier molecular flexibility index (Phi) is 4.34. The quantitative estimate of drug-likeness (QED) is 0.820. The van der Waals surface area contributed by atoms with Crippen LogP contribution >= 0.6 is 0 Å². The molecular formula is C19H26N4O3. The summed E-state index contributed by atoms with van der Waals surface area (Å²) in [7, 11) is 1.56. The monoisotopic (exact) mass is 358 g/mol. The van der Waals surface area contributed by atoms with Crippen molar-refractivity contribution < 1.29 is 14.3 Å². The van der Waals surface area contributed by atoms with Crippen LogP contribution in [0.2, 0.25) is 0 Å². The Morgan fingerprint density at radius 3 is 2.85 bits per heavy atom. The third kappa shape index (κ3) is 2.65. The van der Waals surface area contributed by atoms with Crippen LogP contribution in [-0.2, 0) is 17.9 Å². The largest absolute Gasteiger partial charge is 0.481 e. The smallest absolute Gasteiger partial charge is 0.256 e. The van der Waals surface area contributed by atoms with Crippen molar-refractivity contribution in [2.45, 2.75) is 45.3 Å². The molecule has 0 unspecified atom stereocenters. The maximum atomic E-state index is 12.7. The van der Waals surface area contributed by atoms with Gasteiger partial charge in [0.15, 0.2) is 0 Å². The van der Waals surface area contributed by atoms with Crippen molar-refractivity contribution in [2.75, 3.05) is 13.7 Å². The average Bonchev–Trinajstić information content (AvgIpc) is 3.32. The third-order valence-electron chi connectivity index (χ3n) is 6.31. The van der Waals surface area contributed by atoms with E-state index >= 15 is 0 Å². The van der Waals surface area contributed by atoms with Crippen LogP contribution in [-0.4, -0.2) is 41.4 Å². The number of carbonyl (C=O) groups is 2. The zero-order valence-corrected chi connectivity index (χ0v) is 15.3. The van der Waals surface area contributed by atoms with E-state index < -0.39 is 0 Å². The van der Waals surface area contributed by atoms with Crippen LogP contribution in [0.4, 0.5) is 0 Å². The number of hydrogen-bond donors (Lipinski definition) is 2. The Morgan fingerprint density at radius 2 is 2.19 bits per heavy atom. The highest BCUT2D eigenvalue weighted by Gasteiger charge is 2.49. The second-order valence-electron chi connectivity index (χ2n) is 7.62. The van der Waals surface area contributed by atoms with E-state index in [0.29, 0.717) is 42.9 Å². The summed E-state index contributed by atoms with van der Waals surface area (Å²) >= 11 is 0. The molecule has 1 aromatic heterocycles. The molecule has 1 aromatic rings. The second-order valence-corrected chi connectivity index (χ2v) is 7.62. The first-order valence-electron chi connectivity index (χ1n) is 9.42. The van der Waals surface area contributed by atoms with Gasteiger partial charge >= 0.3 is 0 Å². The molecule has 0 aromatic carbocycles. The fourth-order valence-corrected chi connectivity index (χ4v) is 4.89. The van der Waals surface area contributed by atoms with Crippen LogP contribution in [0.25, 0.3) is 0 Å². The molecule has 2 heterocycles. The van der Waals surface area contributed by atoms with Gasteiger partial charge in [-0.1, -0.05) is 0 Å². The van der Waals surface area contributed by atoms with Crippen molar-refractivity contribution in [3.63, 3.8) is 0 Å². The lowest BCUT2D eigenvalue weighted by atomic mass is 9.84. The number of carbonyl (C=O) groups excluding carboxylic acids is 2. The fourth-order valence-electron chi connectivity index (χ4n) is 4.89. The van der Waals surface area contributed by atoms with Gasteiger partial charge in [-0.2, -0.15) is 0 Å². The Labute approximate surface area is 153 Å². The zero-order chi connectivity index (χ0) is 18.4. The Balaban J connectivity index is 1.49. The van der Waals surface area contributed by atoms with E-state index in [4.69, 9.17) is 10.5 Å². The van der Waals surface area contributed by atoms with Gasteiger partial charge in [0.05, 0.1) is 30.8 Å². The maximum Gasteiger partial charge on any atom is 0.256 e. The molecule has 2 bridgehead atoms. The summed E-state index contributed by atoms with van der Waals surface area (Å²) in [5.74, 6) is 1.26. The Morgan fingerprint density at radius 1 is 1.42 bits per heavy atom. The average molecular weight is 358 g/mol. The number of aromatic nitrogens is 1. The van der Waals surface area contributed by atoms with E-state index in [0.717, 1.165) is 30.5 Å². The molecule has 0 spiro atoms. The Bertz CT molecular complexity index is 749. The first-order chi connectivity index (χ1) is 12.5. The van der Waals surface area contributed by atoms with Crippen LogP contribution in [0.1, 0.15) is 47.8 Å². The van der Waals surface area contributed by atoms with Crippen LogP contribution in [0, 0.1) is 17.8 Å². The summed E-state index contributed by atoms with van der Waals surface area (Å²) in [6.45, 7) is 3.39. The molecule has 3 N–H and O–H groups in total. The summed E-state index contributed by atoms with van der Waals surface area (Å²) in [5.41, 5.74) is 8.33. The van der Waals surface area contributed by atoms with Gasteiger partial charge < -0.3 is 20.7 Å². The molecule has 4 rings (SSSR count). The van der Waals surface area contributed by atoms with E-state index in [9.17, 15) is 9.59 Å². The zero-order valence-electron chi connectivity index (χ0n) is 15.3. The van der Waals surface area contributed by atoms with Gasteiger partial charge in [-0.3, -0.25) is 9.59 Å². The van der Waals surface area contributed by atoms with Gasteiger partial charge in [-0.15, -0.1) is 0 Å². The molecule has 2 aliphatic carbocycles. The van der Waals surface area contributed by atoms with Gasteiger partial charge in [0.1, 0.15) is 0 Å². The second kappa shape index (κ2) is 6.54. The number of nitrogens with zero attached hydrogens (tertiary/aromatic N) is 2. The number of pyridine rings is 1. The molecule has 2 saturated carbocycles. The predicted molar refractivity (Wildman–Crippen MR) is 95.3 cm³/mol. The van der Waals surface area contributed by atoms with Crippen molar-refractivity contribution in [1.29, 1.82) is 0 Å². The van der Waals surface area contributed by atoms with Gasteiger partial charge in [-0.05, 0) is 44.1 Å². The normalized spacial score (nSPS) is 29.2. The molecule has 140 valence electrons. The highest BCUT2D eigenvalue weighted by molar-refractivity contribution is 5.98. The Hall–Kier alpha value is -2.15. The summed E-state index contributed by atoms with van der Waals surface area (Å²) in [4.78, 5) is 31.3. The number of hydrogen-bond acceptors (Lipinski definition) is 5. The number of methoxy groups -OCH3 is 1. The summed E-state index contributed by atoms with van der Waals surface area (Å²) in [6.07, 6.45) is 3.32. The molecular weight excluding hydrogens is 332 g/mol. The number of fused-ring (bicyclic) bond motifs is 3. The summed E-state index contributed by atoms with van der Waals surface area (Å²) < 4.78 is 5.39. The predicted octanol–water partition coefficient (Wildman–Crippen LogP) is 1.06. The molecule has 2 amide bonds. The SMILES string of the molecule is CCN1Cc2nc(OC)c(CNC(=O)[C@@H]3[C@@H]4CC[C@@H](C4)[C@@H]3N)cc2C1=O. The third-order valence-corrected chi connectivity index (χ3v) is 6.31. The standard InChI is InChI=1S/C19H26N4O3/c1-3-23-9-14-13(19(23)25)7-12(18(22-14)26-2)8-21-17(24)15-10-4-5-11(6-10)16(15)20/h7,10-11,15-16H,3-6,8-9,20H2,1-2H3,(H,21,24)/t10-,11+,15-,16+/m1/s1. The minimum atomic E-state index is -0.0978. The summed E-state index contributed by atoms with van der Waals surface area (Å²) in [5, 5.41) is 3.00. The topological polar surface area (TPSA) is 97.6 Å². The highest BCUT2D eigenvalue weighted by Crippen LogP contribution is 2.47. The van der Waals surface area contributed by atoms with Crippen LogP contribution in [0.15, 0.2) is 6.07 Å². The molecule has 1 aliphatic heterocycles. The lowest BCUT2D eigenvalue weighted by Gasteiger charge is -2.27. The van der Waals surface area contributed by atoms with Crippen LogP contribution < -0.4 is 15.8 Å². The van der Waals surface area contributed by atoms with Crippen molar-refractivity contribution >= 4 is 11.8 Å². The fraction of sp³-hybridized carbons (Fsp3) is 0.632. The highest BCUT2D eigenvalue weighted by atomic mass is 16.5. The van der Waals surface area contributed by atoms with Crippen molar-refractivity contribution in [2.24, 2.45) is 23.5 Å². The minimum absolute atomic E-state index is 0.00811. The van der Waals surface area contributed by atoms with E-state index in [1.807, 2.05) is 6.92 Å². The van der Waals surface area contributed by atoms with E-state index in [2.05, 4.69) is 10.3 Å². The van der Waals surface area contributed by atoms with Crippen LogP contribution in [0.5, 0.6) is 5.88 Å². The molecule has 26 heavy (non-hydrogen) atoms. The molecule has 7 nitrogen and oxygen atoms in total. The maximum absolute atomic E-state index is 12.7. The molecule has 2 fully saturated rings. The molecule has 0 radical (unpaired) electrons. The van der Waals surface area contributed by atoms with Crippen molar-refractivity contribution in [3.05, 3.63) is 22.9 Å². The number of rotatable bonds is 5. The molecule has 7 heteroatoms. The number of nitrogens with two attached hydrogens (primary N) is 1. The van der Waals surface area contributed by atoms with E-state index in [1.165, 1.54) is 0 Å². The first-order valence-corrected chi connectivity index (χ1v) is 9.42. The minimum Gasteiger partial charge on any atom is -0.481 e. The van der Waals surface area contributed by atoms with Crippen molar-refractivity contribution in [3.8, 4) is 5.88 Å². The van der Waals surface area contributed by atoms with Crippen molar-refractivity contribution in [1.82, 2.24) is 15.2 Å². The van der Waals surface area contributed by atoms with Crippen LogP contribution in [0.3, 0.4) is 0 Å². The summed E-state index contributed by atoms with van der Waals surface area (Å²) in [6, 6.07) is 1.77. The molecule has 0 saturated heterocycles. The van der Waals surface area contributed by atoms with Gasteiger partial charge in [0, 0.05) is 24.7 Å². The number of amides is 2. The van der Waals surface area contributed by atoms with Gasteiger partial charge in [-0.25, -0.2) is 4.98 Å². The van der Waals surface area contributed by atoms with Gasteiger partial charge in [0.25, 0.3) is 5.91 Å². The lowest BCUT2D eigenvalue weighted by Crippen LogP contribution is -2.45. The first kappa shape index (κ1) is 17.3. The number of ether oxygens (including phenoxy) is 1. The lowest BCUT2D eigenvalue weighted by molar-refractivity contribution is -0.127. The molecule has 4 atom stereocenters. The number of nitrogens with one attached hydrogen (secondary N) is 1.